The summed E-state index contributed by atoms with van der Waals surface area (Å²) < 4.78 is 32.3. The monoisotopic (exact) mass is 404 g/mol. The summed E-state index contributed by atoms with van der Waals surface area (Å²) in [7, 11) is -0.482. The van der Waals surface area contributed by atoms with E-state index in [1.807, 2.05) is 38.1 Å². The predicted molar refractivity (Wildman–Crippen MR) is 110 cm³/mol. The highest BCUT2D eigenvalue weighted by atomic mass is 32.2. The second-order valence-electron chi connectivity index (χ2n) is 6.39. The molecule has 0 saturated carbocycles. The number of methoxy groups -OCH3 is 1. The van der Waals surface area contributed by atoms with Crippen LogP contribution in [-0.4, -0.2) is 57.3 Å². The van der Waals surface area contributed by atoms with Crippen LogP contribution >= 0.6 is 0 Å². The van der Waals surface area contributed by atoms with Gasteiger partial charge in [0.15, 0.2) is 0 Å². The van der Waals surface area contributed by atoms with E-state index in [1.165, 1.54) is 16.4 Å². The van der Waals surface area contributed by atoms with Gasteiger partial charge in [0.1, 0.15) is 5.75 Å². The van der Waals surface area contributed by atoms with Gasteiger partial charge >= 0.3 is 0 Å². The fourth-order valence-electron chi connectivity index (χ4n) is 2.95. The van der Waals surface area contributed by atoms with Gasteiger partial charge in [0.25, 0.3) is 5.91 Å². The Hall–Kier alpha value is -2.38. The number of ether oxygens (including phenoxy) is 1. The third-order valence-electron chi connectivity index (χ3n) is 4.75. The number of likely N-dealkylation sites (N-methyl/N-ethyl adjacent to an activating group) is 1. The molecule has 0 saturated heterocycles. The molecular weight excluding hydrogens is 376 g/mol. The molecule has 2 aromatic carbocycles. The normalized spacial score (nSPS) is 11.5. The highest BCUT2D eigenvalue weighted by molar-refractivity contribution is 7.89. The number of rotatable bonds is 9. The van der Waals surface area contributed by atoms with Crippen LogP contribution in [0.1, 0.15) is 29.8 Å². The number of amides is 1. The zero-order valence-corrected chi connectivity index (χ0v) is 17.7. The molecule has 7 heteroatoms. The molecule has 0 bridgehead atoms. The summed E-state index contributed by atoms with van der Waals surface area (Å²) >= 11 is 0. The van der Waals surface area contributed by atoms with E-state index in [-0.39, 0.29) is 10.8 Å². The maximum atomic E-state index is 12.8. The molecule has 0 unspecified atom stereocenters. The van der Waals surface area contributed by atoms with E-state index < -0.39 is 10.0 Å². The van der Waals surface area contributed by atoms with Crippen LogP contribution in [-0.2, 0) is 16.4 Å². The Balaban J connectivity index is 2.11. The van der Waals surface area contributed by atoms with Gasteiger partial charge in [-0.05, 0) is 56.2 Å². The van der Waals surface area contributed by atoms with Crippen molar-refractivity contribution < 1.29 is 17.9 Å². The minimum Gasteiger partial charge on any atom is -0.496 e. The molecule has 0 radical (unpaired) electrons. The highest BCUT2D eigenvalue weighted by Gasteiger charge is 2.22. The molecular formula is C21H28N2O4S. The fourth-order valence-corrected chi connectivity index (χ4v) is 4.12. The molecule has 0 aromatic heterocycles. The first-order chi connectivity index (χ1) is 13.3. The average molecular weight is 405 g/mol. The van der Waals surface area contributed by atoms with E-state index >= 15 is 0 Å². The molecule has 0 atom stereocenters. The second-order valence-corrected chi connectivity index (χ2v) is 8.44. The van der Waals surface area contributed by atoms with Gasteiger partial charge in [-0.15, -0.1) is 0 Å². The summed E-state index contributed by atoms with van der Waals surface area (Å²) in [6.07, 6.45) is 0.540. The number of benzene rings is 2. The average Bonchev–Trinajstić information content (AvgIpc) is 2.72. The quantitative estimate of drug-likeness (QED) is 0.644. The summed E-state index contributed by atoms with van der Waals surface area (Å²) in [5.74, 6) is 0.644. The van der Waals surface area contributed by atoms with Gasteiger partial charge in [-0.3, -0.25) is 4.79 Å². The molecule has 0 N–H and O–H groups in total. The largest absolute Gasteiger partial charge is 0.496 e. The van der Waals surface area contributed by atoms with Crippen LogP contribution in [0.15, 0.2) is 53.4 Å². The summed E-state index contributed by atoms with van der Waals surface area (Å²) in [5, 5.41) is 0. The summed E-state index contributed by atoms with van der Waals surface area (Å²) in [5.41, 5.74) is 1.44. The molecule has 0 aliphatic carbocycles. The minimum atomic E-state index is -3.63. The number of para-hydroxylation sites is 1. The zero-order valence-electron chi connectivity index (χ0n) is 16.9. The van der Waals surface area contributed by atoms with E-state index in [9.17, 15) is 13.2 Å². The van der Waals surface area contributed by atoms with Gasteiger partial charge in [0.05, 0.1) is 12.0 Å². The fraction of sp³-hybridized carbons (Fsp3) is 0.381. The lowest BCUT2D eigenvalue weighted by Gasteiger charge is -2.20. The third-order valence-corrected chi connectivity index (χ3v) is 6.62. The standard InChI is InChI=1S/C21H28N2O4S/c1-5-23(6-2)21(24)18-11-13-19(14-12-18)28(25,26)22(3)16-15-17-9-7-8-10-20(17)27-4/h7-14H,5-6,15-16H2,1-4H3. The first-order valence-corrected chi connectivity index (χ1v) is 10.8. The lowest BCUT2D eigenvalue weighted by molar-refractivity contribution is 0.0773. The van der Waals surface area contributed by atoms with Crippen molar-refractivity contribution in [2.45, 2.75) is 25.2 Å². The Labute approximate surface area is 167 Å². The van der Waals surface area contributed by atoms with Crippen molar-refractivity contribution in [2.75, 3.05) is 33.8 Å². The molecule has 6 nitrogen and oxygen atoms in total. The molecule has 0 spiro atoms. The molecule has 152 valence electrons. The molecule has 2 rings (SSSR count). The van der Waals surface area contributed by atoms with Gasteiger partial charge in [0.2, 0.25) is 10.0 Å². The van der Waals surface area contributed by atoms with Gasteiger partial charge < -0.3 is 9.64 Å². The molecule has 0 fully saturated rings. The lowest BCUT2D eigenvalue weighted by Crippen LogP contribution is -2.31. The van der Waals surface area contributed by atoms with Crippen LogP contribution in [0, 0.1) is 0 Å². The summed E-state index contributed by atoms with van der Waals surface area (Å²) in [6, 6.07) is 13.7. The number of carbonyl (C=O) groups is 1. The number of hydrogen-bond donors (Lipinski definition) is 0. The minimum absolute atomic E-state index is 0.0986. The Morgan fingerprint density at radius 1 is 1.00 bits per heavy atom. The van der Waals surface area contributed by atoms with Crippen molar-refractivity contribution in [1.82, 2.24) is 9.21 Å². The van der Waals surface area contributed by atoms with E-state index in [0.29, 0.717) is 31.6 Å². The smallest absolute Gasteiger partial charge is 0.253 e. The molecule has 28 heavy (non-hydrogen) atoms. The number of nitrogens with zero attached hydrogens (tertiary/aromatic N) is 2. The van der Waals surface area contributed by atoms with Gasteiger partial charge in [0, 0.05) is 32.2 Å². The van der Waals surface area contributed by atoms with Crippen LogP contribution in [0.25, 0.3) is 0 Å². The second kappa shape index (κ2) is 9.71. The van der Waals surface area contributed by atoms with Crippen molar-refractivity contribution in [1.29, 1.82) is 0 Å². The van der Waals surface area contributed by atoms with Gasteiger partial charge in [-0.1, -0.05) is 18.2 Å². The lowest BCUT2D eigenvalue weighted by atomic mass is 10.1. The third kappa shape index (κ3) is 4.91. The zero-order chi connectivity index (χ0) is 20.7. The number of carbonyl (C=O) groups excluding carboxylic acids is 1. The van der Waals surface area contributed by atoms with Crippen molar-refractivity contribution in [3.63, 3.8) is 0 Å². The van der Waals surface area contributed by atoms with Crippen molar-refractivity contribution in [3.05, 3.63) is 59.7 Å². The van der Waals surface area contributed by atoms with E-state index in [2.05, 4.69) is 0 Å². The van der Waals surface area contributed by atoms with Crippen molar-refractivity contribution in [3.8, 4) is 5.75 Å². The SMILES string of the molecule is CCN(CC)C(=O)c1ccc(S(=O)(=O)N(C)CCc2ccccc2OC)cc1. The molecule has 0 heterocycles. The Kier molecular flexibility index (Phi) is 7.60. The number of hydrogen-bond acceptors (Lipinski definition) is 4. The molecule has 0 aliphatic heterocycles. The van der Waals surface area contributed by atoms with Crippen molar-refractivity contribution in [2.24, 2.45) is 0 Å². The maximum absolute atomic E-state index is 12.8. The van der Waals surface area contributed by atoms with E-state index in [4.69, 9.17) is 4.74 Å². The number of sulfonamides is 1. The highest BCUT2D eigenvalue weighted by Crippen LogP contribution is 2.20. The first kappa shape index (κ1) is 21.9. The summed E-state index contributed by atoms with van der Waals surface area (Å²) in [4.78, 5) is 14.2. The van der Waals surface area contributed by atoms with Crippen LogP contribution in [0.2, 0.25) is 0 Å². The predicted octanol–water partition coefficient (Wildman–Crippen LogP) is 3.04. The maximum Gasteiger partial charge on any atom is 0.253 e. The molecule has 1 amide bonds. The van der Waals surface area contributed by atoms with Gasteiger partial charge in [-0.2, -0.15) is 0 Å². The van der Waals surface area contributed by atoms with E-state index in [1.54, 1.807) is 31.2 Å². The van der Waals surface area contributed by atoms with Crippen molar-refractivity contribution >= 4 is 15.9 Å². The topological polar surface area (TPSA) is 66.9 Å². The Morgan fingerprint density at radius 3 is 2.18 bits per heavy atom. The summed E-state index contributed by atoms with van der Waals surface area (Å²) in [6.45, 7) is 5.37. The van der Waals surface area contributed by atoms with Crippen LogP contribution in [0.3, 0.4) is 0 Å². The molecule has 2 aromatic rings. The van der Waals surface area contributed by atoms with Crippen LogP contribution in [0.4, 0.5) is 0 Å². The molecule has 0 aliphatic rings. The van der Waals surface area contributed by atoms with Gasteiger partial charge in [-0.25, -0.2) is 12.7 Å². The van der Waals surface area contributed by atoms with Crippen LogP contribution < -0.4 is 4.74 Å². The Morgan fingerprint density at radius 2 is 1.61 bits per heavy atom. The first-order valence-electron chi connectivity index (χ1n) is 9.32. The van der Waals surface area contributed by atoms with Crippen LogP contribution in [0.5, 0.6) is 5.75 Å². The Bertz CT molecular complexity index is 891. The van der Waals surface area contributed by atoms with E-state index in [0.717, 1.165) is 11.3 Å².